The number of nitrogens with two attached hydrogens (primary N) is 1. The SMILES string of the molecule is NCC#Cc1ccsc1C(=O)N1CCS(=O)CC1. The summed E-state index contributed by atoms with van der Waals surface area (Å²) in [6, 6.07) is 1.84. The van der Waals surface area contributed by atoms with E-state index in [2.05, 4.69) is 11.8 Å². The Hall–Kier alpha value is -1.16. The third kappa shape index (κ3) is 2.99. The minimum absolute atomic E-state index is 0.0111. The minimum Gasteiger partial charge on any atom is -0.336 e. The standard InChI is InChI=1S/C12H14N2O2S2/c13-4-1-2-10-3-7-17-11(10)12(15)14-5-8-18(16)9-6-14/h3,7H,4-6,8-9,13H2. The molecular formula is C12H14N2O2S2. The van der Waals surface area contributed by atoms with Crippen LogP contribution in [0.1, 0.15) is 15.2 Å². The quantitative estimate of drug-likeness (QED) is 0.752. The number of hydrogen-bond donors (Lipinski definition) is 1. The molecule has 1 aliphatic rings. The summed E-state index contributed by atoms with van der Waals surface area (Å²) >= 11 is 1.39. The van der Waals surface area contributed by atoms with Crippen LogP contribution in [0.2, 0.25) is 0 Å². The van der Waals surface area contributed by atoms with Crippen molar-refractivity contribution in [2.45, 2.75) is 0 Å². The van der Waals surface area contributed by atoms with Gasteiger partial charge in [0.2, 0.25) is 0 Å². The van der Waals surface area contributed by atoms with E-state index in [4.69, 9.17) is 5.73 Å². The van der Waals surface area contributed by atoms with E-state index in [9.17, 15) is 9.00 Å². The van der Waals surface area contributed by atoms with Crippen molar-refractivity contribution in [2.75, 3.05) is 31.1 Å². The fourth-order valence-electron chi connectivity index (χ4n) is 1.70. The Balaban J connectivity index is 2.14. The van der Waals surface area contributed by atoms with E-state index in [0.717, 1.165) is 5.56 Å². The molecule has 1 fully saturated rings. The summed E-state index contributed by atoms with van der Waals surface area (Å²) in [7, 11) is -0.769. The van der Waals surface area contributed by atoms with E-state index in [-0.39, 0.29) is 12.5 Å². The number of thiophene rings is 1. The summed E-state index contributed by atoms with van der Waals surface area (Å²) < 4.78 is 11.3. The molecule has 0 unspecified atom stereocenters. The van der Waals surface area contributed by atoms with Crippen LogP contribution in [0, 0.1) is 11.8 Å². The van der Waals surface area contributed by atoms with E-state index in [1.807, 2.05) is 11.4 Å². The van der Waals surface area contributed by atoms with Crippen molar-refractivity contribution >= 4 is 28.0 Å². The van der Waals surface area contributed by atoms with Gasteiger partial charge in [-0.15, -0.1) is 11.3 Å². The van der Waals surface area contributed by atoms with E-state index >= 15 is 0 Å². The number of carbonyl (C=O) groups excluding carboxylic acids is 1. The Labute approximate surface area is 113 Å². The second-order valence-electron chi connectivity index (χ2n) is 3.81. The molecule has 1 amide bonds. The molecule has 2 heterocycles. The molecule has 0 atom stereocenters. The van der Waals surface area contributed by atoms with Crippen LogP contribution in [-0.4, -0.2) is 46.2 Å². The van der Waals surface area contributed by atoms with Crippen LogP contribution in [0.25, 0.3) is 0 Å². The van der Waals surface area contributed by atoms with Gasteiger partial charge >= 0.3 is 0 Å². The molecule has 1 aliphatic heterocycles. The molecule has 6 heteroatoms. The number of nitrogens with zero attached hydrogens (tertiary/aromatic N) is 1. The van der Waals surface area contributed by atoms with Crippen LogP contribution in [0.3, 0.4) is 0 Å². The minimum atomic E-state index is -0.769. The van der Waals surface area contributed by atoms with Gasteiger partial charge in [-0.25, -0.2) is 0 Å². The Morgan fingerprint density at radius 2 is 2.22 bits per heavy atom. The lowest BCUT2D eigenvalue weighted by Crippen LogP contribution is -2.41. The summed E-state index contributed by atoms with van der Waals surface area (Å²) in [5.74, 6) is 6.80. The Bertz CT molecular complexity index is 518. The highest BCUT2D eigenvalue weighted by Gasteiger charge is 2.23. The summed E-state index contributed by atoms with van der Waals surface area (Å²) in [4.78, 5) is 14.7. The highest BCUT2D eigenvalue weighted by molar-refractivity contribution is 7.85. The molecule has 0 radical (unpaired) electrons. The van der Waals surface area contributed by atoms with Crippen LogP contribution in [0.5, 0.6) is 0 Å². The molecule has 2 rings (SSSR count). The zero-order valence-electron chi connectivity index (χ0n) is 9.85. The predicted molar refractivity (Wildman–Crippen MR) is 74.0 cm³/mol. The molecule has 96 valence electrons. The molecule has 18 heavy (non-hydrogen) atoms. The van der Waals surface area contributed by atoms with Crippen molar-refractivity contribution in [3.05, 3.63) is 21.9 Å². The van der Waals surface area contributed by atoms with Crippen LogP contribution in [0.15, 0.2) is 11.4 Å². The topological polar surface area (TPSA) is 63.4 Å². The lowest BCUT2D eigenvalue weighted by Gasteiger charge is -2.25. The Kier molecular flexibility index (Phi) is 4.53. The third-order valence-electron chi connectivity index (χ3n) is 2.65. The van der Waals surface area contributed by atoms with E-state index < -0.39 is 10.8 Å². The first kappa shape index (κ1) is 13.3. The van der Waals surface area contributed by atoms with Crippen molar-refractivity contribution < 1.29 is 9.00 Å². The van der Waals surface area contributed by atoms with Gasteiger partial charge in [0, 0.05) is 41.0 Å². The number of carbonyl (C=O) groups is 1. The zero-order valence-corrected chi connectivity index (χ0v) is 11.5. The lowest BCUT2D eigenvalue weighted by atomic mass is 10.2. The molecule has 0 bridgehead atoms. The molecule has 0 aromatic carbocycles. The monoisotopic (exact) mass is 282 g/mol. The van der Waals surface area contributed by atoms with Crippen molar-refractivity contribution in [3.63, 3.8) is 0 Å². The Morgan fingerprint density at radius 1 is 1.50 bits per heavy atom. The average molecular weight is 282 g/mol. The lowest BCUT2D eigenvalue weighted by molar-refractivity contribution is 0.0776. The van der Waals surface area contributed by atoms with Gasteiger partial charge < -0.3 is 10.6 Å². The molecule has 0 spiro atoms. The number of rotatable bonds is 1. The first-order valence-corrected chi connectivity index (χ1v) is 8.00. The molecule has 1 saturated heterocycles. The predicted octanol–water partition coefficient (Wildman–Crippen LogP) is 0.263. The normalized spacial score (nSPS) is 16.2. The van der Waals surface area contributed by atoms with Gasteiger partial charge in [0.15, 0.2) is 0 Å². The average Bonchev–Trinajstić information content (AvgIpc) is 2.84. The summed E-state index contributed by atoms with van der Waals surface area (Å²) in [6.45, 7) is 1.41. The summed E-state index contributed by atoms with van der Waals surface area (Å²) in [5.41, 5.74) is 6.07. The van der Waals surface area contributed by atoms with Gasteiger partial charge in [-0.3, -0.25) is 9.00 Å². The van der Waals surface area contributed by atoms with Gasteiger partial charge in [0.1, 0.15) is 4.88 Å². The zero-order chi connectivity index (χ0) is 13.0. The van der Waals surface area contributed by atoms with Crippen LogP contribution >= 0.6 is 11.3 Å². The Morgan fingerprint density at radius 3 is 2.89 bits per heavy atom. The third-order valence-corrected chi connectivity index (χ3v) is 4.83. The van der Waals surface area contributed by atoms with Gasteiger partial charge in [-0.2, -0.15) is 0 Å². The van der Waals surface area contributed by atoms with Gasteiger partial charge in [-0.1, -0.05) is 11.8 Å². The second kappa shape index (κ2) is 6.14. The first-order chi connectivity index (χ1) is 8.72. The smallest absolute Gasteiger partial charge is 0.265 e. The summed E-state index contributed by atoms with van der Waals surface area (Å²) in [5, 5.41) is 1.86. The van der Waals surface area contributed by atoms with Gasteiger partial charge in [0.25, 0.3) is 5.91 Å². The maximum Gasteiger partial charge on any atom is 0.265 e. The summed E-state index contributed by atoms with van der Waals surface area (Å²) in [6.07, 6.45) is 0. The number of hydrogen-bond acceptors (Lipinski definition) is 4. The van der Waals surface area contributed by atoms with Gasteiger partial charge in [0.05, 0.1) is 6.54 Å². The maximum absolute atomic E-state index is 12.3. The molecule has 0 aliphatic carbocycles. The van der Waals surface area contributed by atoms with E-state index in [1.54, 1.807) is 4.90 Å². The molecule has 0 saturated carbocycles. The maximum atomic E-state index is 12.3. The van der Waals surface area contributed by atoms with E-state index in [0.29, 0.717) is 29.5 Å². The van der Waals surface area contributed by atoms with Crippen molar-refractivity contribution in [2.24, 2.45) is 5.73 Å². The van der Waals surface area contributed by atoms with E-state index in [1.165, 1.54) is 11.3 Å². The largest absolute Gasteiger partial charge is 0.336 e. The molecular weight excluding hydrogens is 268 g/mol. The molecule has 1 aromatic heterocycles. The second-order valence-corrected chi connectivity index (χ2v) is 6.42. The highest BCUT2D eigenvalue weighted by atomic mass is 32.2. The van der Waals surface area contributed by atoms with Crippen LogP contribution in [-0.2, 0) is 10.8 Å². The fourth-order valence-corrected chi connectivity index (χ4v) is 3.57. The molecule has 1 aromatic rings. The van der Waals surface area contributed by atoms with Crippen LogP contribution < -0.4 is 5.73 Å². The molecule has 4 nitrogen and oxygen atoms in total. The highest BCUT2D eigenvalue weighted by Crippen LogP contribution is 2.19. The fraction of sp³-hybridized carbons (Fsp3) is 0.417. The molecule has 2 N–H and O–H groups in total. The van der Waals surface area contributed by atoms with Gasteiger partial charge in [-0.05, 0) is 11.4 Å². The number of amides is 1. The first-order valence-electron chi connectivity index (χ1n) is 5.63. The van der Waals surface area contributed by atoms with Crippen molar-refractivity contribution in [1.29, 1.82) is 0 Å². The van der Waals surface area contributed by atoms with Crippen molar-refractivity contribution in [1.82, 2.24) is 4.90 Å². The van der Waals surface area contributed by atoms with Crippen LogP contribution in [0.4, 0.5) is 0 Å². The van der Waals surface area contributed by atoms with Crippen molar-refractivity contribution in [3.8, 4) is 11.8 Å².